The number of ether oxygens (including phenoxy) is 2. The molecule has 0 radical (unpaired) electrons. The van der Waals surface area contributed by atoms with Gasteiger partial charge in [0.1, 0.15) is 6.26 Å². The number of fused-ring (bicyclic) bond motifs is 1. The summed E-state index contributed by atoms with van der Waals surface area (Å²) in [6, 6.07) is 1.99. The molecule has 0 amide bonds. The summed E-state index contributed by atoms with van der Waals surface area (Å²) >= 11 is 0. The number of methoxy groups -OCH3 is 2. The topological polar surface area (TPSA) is 40.5 Å². The van der Waals surface area contributed by atoms with Crippen LogP contribution in [0.4, 0.5) is 0 Å². The minimum Gasteiger partial charge on any atom is -0.502 e. The summed E-state index contributed by atoms with van der Waals surface area (Å²) in [5.74, 6) is 0.0602. The van der Waals surface area contributed by atoms with Gasteiger partial charge in [0, 0.05) is 11.9 Å². The Kier molecular flexibility index (Phi) is 3.55. The van der Waals surface area contributed by atoms with E-state index in [4.69, 9.17) is 9.47 Å². The van der Waals surface area contributed by atoms with Crippen LogP contribution in [0.1, 0.15) is 18.2 Å². The van der Waals surface area contributed by atoms with E-state index < -0.39 is 5.97 Å². The zero-order valence-corrected chi connectivity index (χ0v) is 10.8. The Morgan fingerprint density at radius 3 is 2.94 bits per heavy atom. The zero-order valence-electron chi connectivity index (χ0n) is 10.8. The van der Waals surface area contributed by atoms with Crippen molar-refractivity contribution in [3.05, 3.63) is 35.9 Å². The van der Waals surface area contributed by atoms with Crippen molar-refractivity contribution >= 4 is 17.7 Å². The first-order chi connectivity index (χ1) is 8.67. The van der Waals surface area contributed by atoms with Crippen LogP contribution >= 0.6 is 0 Å². The Balaban J connectivity index is 2.45. The van der Waals surface area contributed by atoms with Crippen molar-refractivity contribution in [2.45, 2.75) is 13.3 Å². The molecule has 96 valence electrons. The van der Waals surface area contributed by atoms with Crippen LogP contribution in [0.5, 0.6) is 0 Å². The summed E-state index contributed by atoms with van der Waals surface area (Å²) in [5.41, 5.74) is 2.64. The molecule has 0 saturated heterocycles. The van der Waals surface area contributed by atoms with Crippen LogP contribution in [0.2, 0.25) is 0 Å². The van der Waals surface area contributed by atoms with Gasteiger partial charge in [0.2, 0.25) is 0 Å². The fourth-order valence-corrected chi connectivity index (χ4v) is 2.13. The van der Waals surface area contributed by atoms with E-state index in [2.05, 4.69) is 19.1 Å². The molecule has 0 N–H and O–H groups in total. The summed E-state index contributed by atoms with van der Waals surface area (Å²) in [5, 5.41) is 0. The molecule has 4 heteroatoms. The fourth-order valence-electron chi connectivity index (χ4n) is 2.13. The van der Waals surface area contributed by atoms with Gasteiger partial charge in [-0.05, 0) is 24.0 Å². The van der Waals surface area contributed by atoms with Crippen molar-refractivity contribution in [1.82, 2.24) is 4.57 Å². The highest BCUT2D eigenvalue weighted by molar-refractivity contribution is 6.09. The summed E-state index contributed by atoms with van der Waals surface area (Å²) < 4.78 is 11.6. The average Bonchev–Trinajstić information content (AvgIpc) is 2.78. The van der Waals surface area contributed by atoms with E-state index in [1.807, 2.05) is 16.8 Å². The van der Waals surface area contributed by atoms with Gasteiger partial charge in [-0.1, -0.05) is 19.1 Å². The molecule has 0 fully saturated rings. The van der Waals surface area contributed by atoms with E-state index in [0.717, 1.165) is 17.7 Å². The molecule has 0 saturated carbocycles. The standard InChI is InChI=1S/C14H17NO3/c1-10-4-5-11-6-7-15(12(11)8-10)13(9-17-2)14(16)18-3/h4-7,9-10H,8H2,1-3H3/b13-9+. The number of nitrogens with zero attached hydrogens (tertiary/aromatic N) is 1. The minimum atomic E-state index is -0.405. The molecule has 0 aliphatic heterocycles. The lowest BCUT2D eigenvalue weighted by molar-refractivity contribution is -0.134. The number of hydrogen-bond acceptors (Lipinski definition) is 3. The smallest absolute Gasteiger partial charge is 0.358 e. The van der Waals surface area contributed by atoms with Crippen LogP contribution < -0.4 is 0 Å². The predicted molar refractivity (Wildman–Crippen MR) is 69.6 cm³/mol. The summed E-state index contributed by atoms with van der Waals surface area (Å²) in [6.07, 6.45) is 8.44. The molecule has 1 aromatic rings. The largest absolute Gasteiger partial charge is 0.502 e. The minimum absolute atomic E-state index is 0.392. The summed E-state index contributed by atoms with van der Waals surface area (Å²) in [7, 11) is 2.88. The number of carbonyl (C=O) groups excluding carboxylic acids is 1. The molecule has 1 aromatic heterocycles. The highest BCUT2D eigenvalue weighted by Crippen LogP contribution is 2.26. The van der Waals surface area contributed by atoms with Gasteiger partial charge in [0.25, 0.3) is 0 Å². The zero-order chi connectivity index (χ0) is 13.1. The van der Waals surface area contributed by atoms with Crippen molar-refractivity contribution in [2.75, 3.05) is 14.2 Å². The highest BCUT2D eigenvalue weighted by atomic mass is 16.5. The van der Waals surface area contributed by atoms with E-state index in [-0.39, 0.29) is 0 Å². The number of carbonyl (C=O) groups is 1. The Bertz CT molecular complexity index is 511. The Hall–Kier alpha value is -1.97. The SMILES string of the molecule is CO/C=C(\C(=O)OC)n1ccc2c1CC(C)C=C2. The van der Waals surface area contributed by atoms with E-state index >= 15 is 0 Å². The molecule has 1 unspecified atom stereocenters. The van der Waals surface area contributed by atoms with Gasteiger partial charge in [-0.25, -0.2) is 4.79 Å². The molecule has 1 aliphatic rings. The van der Waals surface area contributed by atoms with Crippen LogP contribution in [0.15, 0.2) is 24.6 Å². The molecule has 0 spiro atoms. The van der Waals surface area contributed by atoms with Crippen LogP contribution in [0.25, 0.3) is 11.8 Å². The molecule has 2 rings (SSSR count). The lowest BCUT2D eigenvalue weighted by Crippen LogP contribution is -2.15. The number of esters is 1. The number of allylic oxidation sites excluding steroid dienone is 1. The third-order valence-corrected chi connectivity index (χ3v) is 3.03. The van der Waals surface area contributed by atoms with Gasteiger partial charge in [0.15, 0.2) is 5.70 Å². The van der Waals surface area contributed by atoms with Crippen molar-refractivity contribution in [3.63, 3.8) is 0 Å². The molecule has 0 bridgehead atoms. The number of aromatic nitrogens is 1. The first-order valence-corrected chi connectivity index (χ1v) is 5.87. The second-order valence-electron chi connectivity index (χ2n) is 4.36. The van der Waals surface area contributed by atoms with Crippen molar-refractivity contribution in [1.29, 1.82) is 0 Å². The second-order valence-corrected chi connectivity index (χ2v) is 4.36. The van der Waals surface area contributed by atoms with Crippen LogP contribution in [-0.2, 0) is 20.7 Å². The predicted octanol–water partition coefficient (Wildman–Crippen LogP) is 2.31. The molecule has 18 heavy (non-hydrogen) atoms. The highest BCUT2D eigenvalue weighted by Gasteiger charge is 2.20. The van der Waals surface area contributed by atoms with Gasteiger partial charge in [-0.2, -0.15) is 0 Å². The summed E-state index contributed by atoms with van der Waals surface area (Å²) in [4.78, 5) is 11.8. The third kappa shape index (κ3) is 2.18. The lowest BCUT2D eigenvalue weighted by atomic mass is 9.96. The quantitative estimate of drug-likeness (QED) is 0.467. The molecule has 1 heterocycles. The van der Waals surface area contributed by atoms with Crippen LogP contribution in [-0.4, -0.2) is 24.8 Å². The third-order valence-electron chi connectivity index (χ3n) is 3.03. The van der Waals surface area contributed by atoms with Gasteiger partial charge in [-0.15, -0.1) is 0 Å². The first kappa shape index (κ1) is 12.5. The average molecular weight is 247 g/mol. The number of rotatable bonds is 3. The van der Waals surface area contributed by atoms with Crippen LogP contribution in [0, 0.1) is 5.92 Å². The molecule has 1 aliphatic carbocycles. The van der Waals surface area contributed by atoms with Gasteiger partial charge >= 0.3 is 5.97 Å². The van der Waals surface area contributed by atoms with Crippen molar-refractivity contribution in [2.24, 2.45) is 5.92 Å². The maximum Gasteiger partial charge on any atom is 0.358 e. The molecule has 4 nitrogen and oxygen atoms in total. The fraction of sp³-hybridized carbons (Fsp3) is 0.357. The molecular weight excluding hydrogens is 230 g/mol. The van der Waals surface area contributed by atoms with E-state index in [1.54, 1.807) is 0 Å². The second kappa shape index (κ2) is 5.12. The van der Waals surface area contributed by atoms with Gasteiger partial charge < -0.3 is 14.0 Å². The molecule has 1 atom stereocenters. The van der Waals surface area contributed by atoms with E-state index in [1.165, 1.54) is 20.5 Å². The van der Waals surface area contributed by atoms with Crippen molar-refractivity contribution in [3.8, 4) is 0 Å². The molecular formula is C14H17NO3. The Morgan fingerprint density at radius 1 is 1.50 bits per heavy atom. The molecule has 0 aromatic carbocycles. The maximum atomic E-state index is 11.8. The van der Waals surface area contributed by atoms with E-state index in [0.29, 0.717) is 11.6 Å². The monoisotopic (exact) mass is 247 g/mol. The van der Waals surface area contributed by atoms with Gasteiger partial charge in [0.05, 0.1) is 14.2 Å². The Labute approximate surface area is 107 Å². The maximum absolute atomic E-state index is 11.8. The van der Waals surface area contributed by atoms with E-state index in [9.17, 15) is 4.79 Å². The lowest BCUT2D eigenvalue weighted by Gasteiger charge is -2.17. The number of hydrogen-bond donors (Lipinski definition) is 0. The van der Waals surface area contributed by atoms with Crippen LogP contribution in [0.3, 0.4) is 0 Å². The normalized spacial score (nSPS) is 18.4. The van der Waals surface area contributed by atoms with Crippen molar-refractivity contribution < 1.29 is 14.3 Å². The summed E-state index contributed by atoms with van der Waals surface area (Å²) in [6.45, 7) is 2.15. The Morgan fingerprint density at radius 2 is 2.28 bits per heavy atom. The first-order valence-electron chi connectivity index (χ1n) is 5.87. The van der Waals surface area contributed by atoms with Gasteiger partial charge in [-0.3, -0.25) is 0 Å².